The minimum atomic E-state index is -0.469. The molecule has 1 fully saturated rings. The third-order valence-electron chi connectivity index (χ3n) is 4.57. The van der Waals surface area contributed by atoms with E-state index in [-0.39, 0.29) is 5.82 Å². The Bertz CT molecular complexity index is 446. The Morgan fingerprint density at radius 1 is 1.32 bits per heavy atom. The largest absolute Gasteiger partial charge is 0.321 e. The van der Waals surface area contributed by atoms with Gasteiger partial charge in [0.05, 0.1) is 0 Å². The van der Waals surface area contributed by atoms with Crippen LogP contribution in [0.3, 0.4) is 0 Å². The molecule has 0 aliphatic heterocycles. The van der Waals surface area contributed by atoms with Gasteiger partial charge in [-0.15, -0.1) is 0 Å². The molecule has 19 heavy (non-hydrogen) atoms. The van der Waals surface area contributed by atoms with Crippen LogP contribution in [0.15, 0.2) is 18.2 Å². The van der Waals surface area contributed by atoms with Gasteiger partial charge in [0.15, 0.2) is 0 Å². The number of rotatable bonds is 2. The van der Waals surface area contributed by atoms with E-state index in [0.29, 0.717) is 10.9 Å². The monoisotopic (exact) mass is 283 g/mol. The standard InChI is InChI=1S/C16H23ClFN/c1-11(2)12-4-3-8-16(19,9-7-12)14-10-13(18)5-6-15(14)17/h5-6,10-12H,3-4,7-9,19H2,1-2H3. The lowest BCUT2D eigenvalue weighted by Gasteiger charge is -2.30. The van der Waals surface area contributed by atoms with E-state index < -0.39 is 5.54 Å². The normalized spacial score (nSPS) is 28.4. The Balaban J connectivity index is 2.25. The Kier molecular flexibility index (Phi) is 4.52. The molecule has 1 nitrogen and oxygen atoms in total. The lowest BCUT2D eigenvalue weighted by atomic mass is 9.82. The molecule has 1 aliphatic carbocycles. The van der Waals surface area contributed by atoms with Gasteiger partial charge < -0.3 is 5.73 Å². The van der Waals surface area contributed by atoms with Gasteiger partial charge in [-0.05, 0) is 54.9 Å². The van der Waals surface area contributed by atoms with Gasteiger partial charge in [0.25, 0.3) is 0 Å². The number of hydrogen-bond donors (Lipinski definition) is 1. The lowest BCUT2D eigenvalue weighted by Crippen LogP contribution is -2.36. The van der Waals surface area contributed by atoms with E-state index in [1.807, 2.05) is 0 Å². The minimum absolute atomic E-state index is 0.256. The van der Waals surface area contributed by atoms with Crippen LogP contribution in [0.4, 0.5) is 4.39 Å². The summed E-state index contributed by atoms with van der Waals surface area (Å²) in [6.45, 7) is 4.53. The quantitative estimate of drug-likeness (QED) is 0.770. The maximum absolute atomic E-state index is 13.5. The maximum Gasteiger partial charge on any atom is 0.123 e. The van der Waals surface area contributed by atoms with Crippen molar-refractivity contribution in [3.05, 3.63) is 34.6 Å². The molecule has 0 spiro atoms. The average Bonchev–Trinajstić information content (AvgIpc) is 2.55. The zero-order chi connectivity index (χ0) is 14.0. The maximum atomic E-state index is 13.5. The van der Waals surface area contributed by atoms with Crippen molar-refractivity contribution in [2.24, 2.45) is 17.6 Å². The fourth-order valence-electron chi connectivity index (χ4n) is 3.21. The third-order valence-corrected chi connectivity index (χ3v) is 4.90. The van der Waals surface area contributed by atoms with Gasteiger partial charge in [0.2, 0.25) is 0 Å². The minimum Gasteiger partial charge on any atom is -0.321 e. The molecule has 0 heterocycles. The van der Waals surface area contributed by atoms with E-state index in [4.69, 9.17) is 17.3 Å². The van der Waals surface area contributed by atoms with Gasteiger partial charge in [-0.3, -0.25) is 0 Å². The fraction of sp³-hybridized carbons (Fsp3) is 0.625. The van der Waals surface area contributed by atoms with Crippen LogP contribution < -0.4 is 5.73 Å². The molecule has 2 rings (SSSR count). The highest BCUT2D eigenvalue weighted by molar-refractivity contribution is 6.31. The molecule has 2 atom stereocenters. The van der Waals surface area contributed by atoms with Crippen LogP contribution in [0.2, 0.25) is 5.02 Å². The van der Waals surface area contributed by atoms with Crippen molar-refractivity contribution in [3.8, 4) is 0 Å². The summed E-state index contributed by atoms with van der Waals surface area (Å²) in [5.41, 5.74) is 6.87. The van der Waals surface area contributed by atoms with Crippen LogP contribution in [0.1, 0.15) is 51.5 Å². The van der Waals surface area contributed by atoms with Crippen LogP contribution >= 0.6 is 11.6 Å². The molecule has 0 bridgehead atoms. The summed E-state index contributed by atoms with van der Waals surface area (Å²) < 4.78 is 13.5. The summed E-state index contributed by atoms with van der Waals surface area (Å²) in [6, 6.07) is 4.52. The highest BCUT2D eigenvalue weighted by atomic mass is 35.5. The van der Waals surface area contributed by atoms with Crippen molar-refractivity contribution in [1.82, 2.24) is 0 Å². The third kappa shape index (κ3) is 3.29. The zero-order valence-electron chi connectivity index (χ0n) is 11.8. The molecule has 106 valence electrons. The second-order valence-electron chi connectivity index (χ2n) is 6.22. The molecule has 2 N–H and O–H groups in total. The van der Waals surface area contributed by atoms with E-state index in [0.717, 1.165) is 37.2 Å². The average molecular weight is 284 g/mol. The molecule has 1 saturated carbocycles. The smallest absolute Gasteiger partial charge is 0.123 e. The van der Waals surface area contributed by atoms with Gasteiger partial charge in [0, 0.05) is 10.6 Å². The first-order valence-corrected chi connectivity index (χ1v) is 7.54. The molecular formula is C16H23ClFN. The summed E-state index contributed by atoms with van der Waals surface area (Å²) in [4.78, 5) is 0. The van der Waals surface area contributed by atoms with Gasteiger partial charge >= 0.3 is 0 Å². The van der Waals surface area contributed by atoms with E-state index in [1.54, 1.807) is 6.07 Å². The van der Waals surface area contributed by atoms with Crippen molar-refractivity contribution in [2.75, 3.05) is 0 Å². The molecular weight excluding hydrogens is 261 g/mol. The molecule has 0 radical (unpaired) electrons. The second-order valence-corrected chi connectivity index (χ2v) is 6.62. The SMILES string of the molecule is CC(C)C1CCCC(N)(c2cc(F)ccc2Cl)CC1. The predicted molar refractivity (Wildman–Crippen MR) is 78.7 cm³/mol. The first-order valence-electron chi connectivity index (χ1n) is 7.17. The first kappa shape index (κ1) is 14.8. The van der Waals surface area contributed by atoms with Crippen molar-refractivity contribution in [1.29, 1.82) is 0 Å². The number of hydrogen-bond acceptors (Lipinski definition) is 1. The molecule has 3 heteroatoms. The lowest BCUT2D eigenvalue weighted by molar-refractivity contribution is 0.325. The molecule has 0 amide bonds. The van der Waals surface area contributed by atoms with Crippen LogP contribution in [0, 0.1) is 17.7 Å². The van der Waals surface area contributed by atoms with Gasteiger partial charge in [-0.1, -0.05) is 38.3 Å². The molecule has 2 unspecified atom stereocenters. The van der Waals surface area contributed by atoms with Crippen molar-refractivity contribution >= 4 is 11.6 Å². The van der Waals surface area contributed by atoms with Crippen molar-refractivity contribution < 1.29 is 4.39 Å². The van der Waals surface area contributed by atoms with Crippen LogP contribution in [-0.2, 0) is 5.54 Å². The Morgan fingerprint density at radius 3 is 2.74 bits per heavy atom. The predicted octanol–water partition coefficient (Wildman–Crippen LogP) is 4.87. The first-order chi connectivity index (χ1) is 8.92. The van der Waals surface area contributed by atoms with Crippen LogP contribution in [-0.4, -0.2) is 0 Å². The Morgan fingerprint density at radius 2 is 2.05 bits per heavy atom. The Labute approximate surface area is 120 Å². The van der Waals surface area contributed by atoms with E-state index in [1.165, 1.54) is 18.6 Å². The van der Waals surface area contributed by atoms with Gasteiger partial charge in [-0.2, -0.15) is 0 Å². The molecule has 1 aromatic carbocycles. The van der Waals surface area contributed by atoms with Crippen molar-refractivity contribution in [3.63, 3.8) is 0 Å². The van der Waals surface area contributed by atoms with Crippen molar-refractivity contribution in [2.45, 2.75) is 51.5 Å². The highest BCUT2D eigenvalue weighted by Crippen LogP contribution is 2.40. The van der Waals surface area contributed by atoms with Crippen LogP contribution in [0.5, 0.6) is 0 Å². The summed E-state index contributed by atoms with van der Waals surface area (Å²) in [5, 5.41) is 0.590. The number of nitrogens with two attached hydrogens (primary N) is 1. The van der Waals surface area contributed by atoms with E-state index in [9.17, 15) is 4.39 Å². The summed E-state index contributed by atoms with van der Waals surface area (Å²) in [6.07, 6.45) is 5.18. The highest BCUT2D eigenvalue weighted by Gasteiger charge is 2.33. The van der Waals surface area contributed by atoms with Gasteiger partial charge in [0.1, 0.15) is 5.82 Å². The molecule has 1 aromatic rings. The summed E-state index contributed by atoms with van der Waals surface area (Å²) in [5.74, 6) is 1.15. The molecule has 1 aliphatic rings. The topological polar surface area (TPSA) is 26.0 Å². The zero-order valence-corrected chi connectivity index (χ0v) is 12.5. The van der Waals surface area contributed by atoms with Gasteiger partial charge in [-0.25, -0.2) is 4.39 Å². The molecule has 0 aromatic heterocycles. The Hall–Kier alpha value is -0.600. The van der Waals surface area contributed by atoms with Crippen LogP contribution in [0.25, 0.3) is 0 Å². The van der Waals surface area contributed by atoms with E-state index in [2.05, 4.69) is 13.8 Å². The van der Waals surface area contributed by atoms with E-state index >= 15 is 0 Å². The second kappa shape index (κ2) is 5.80. The number of benzene rings is 1. The summed E-state index contributed by atoms with van der Waals surface area (Å²) >= 11 is 6.22. The molecule has 0 saturated heterocycles. The summed E-state index contributed by atoms with van der Waals surface area (Å²) in [7, 11) is 0. The number of halogens is 2. The fourth-order valence-corrected chi connectivity index (χ4v) is 3.51.